The van der Waals surface area contributed by atoms with E-state index in [1.54, 1.807) is 0 Å². The fourth-order valence-corrected chi connectivity index (χ4v) is 2.68. The molecule has 2 aromatic rings. The molecular formula is C19H24O. The van der Waals surface area contributed by atoms with Gasteiger partial charge in [-0.05, 0) is 17.5 Å². The number of benzene rings is 2. The van der Waals surface area contributed by atoms with Crippen LogP contribution >= 0.6 is 0 Å². The van der Waals surface area contributed by atoms with Crippen molar-refractivity contribution in [1.29, 1.82) is 0 Å². The maximum atomic E-state index is 11.2. The molecule has 2 aromatic carbocycles. The van der Waals surface area contributed by atoms with Gasteiger partial charge in [-0.3, -0.25) is 0 Å². The van der Waals surface area contributed by atoms with Crippen molar-refractivity contribution in [3.63, 3.8) is 0 Å². The van der Waals surface area contributed by atoms with Crippen LogP contribution in [0, 0.1) is 0 Å². The second-order valence-corrected chi connectivity index (χ2v) is 5.52. The molecule has 0 aliphatic heterocycles. The van der Waals surface area contributed by atoms with E-state index < -0.39 is 5.60 Å². The van der Waals surface area contributed by atoms with Crippen molar-refractivity contribution in [3.05, 3.63) is 71.8 Å². The molecule has 20 heavy (non-hydrogen) atoms. The van der Waals surface area contributed by atoms with Gasteiger partial charge in [-0.1, -0.05) is 86.8 Å². The molecule has 0 aromatic heterocycles. The van der Waals surface area contributed by atoms with Crippen LogP contribution in [0.5, 0.6) is 0 Å². The van der Waals surface area contributed by atoms with Crippen LogP contribution in [0.25, 0.3) is 0 Å². The first-order valence-electron chi connectivity index (χ1n) is 7.56. The van der Waals surface area contributed by atoms with E-state index in [-0.39, 0.29) is 0 Å². The predicted molar refractivity (Wildman–Crippen MR) is 84.6 cm³/mol. The highest BCUT2D eigenvalue weighted by Crippen LogP contribution is 2.31. The summed E-state index contributed by atoms with van der Waals surface area (Å²) in [4.78, 5) is 0. The number of unbranched alkanes of at least 4 members (excludes halogenated alkanes) is 2. The number of hydrogen-bond donors (Lipinski definition) is 1. The summed E-state index contributed by atoms with van der Waals surface area (Å²) in [6, 6.07) is 20.3. The second-order valence-electron chi connectivity index (χ2n) is 5.52. The van der Waals surface area contributed by atoms with Gasteiger partial charge in [0.2, 0.25) is 0 Å². The lowest BCUT2D eigenvalue weighted by molar-refractivity contribution is 0.0250. The first kappa shape index (κ1) is 14.8. The summed E-state index contributed by atoms with van der Waals surface area (Å²) < 4.78 is 0. The van der Waals surface area contributed by atoms with Gasteiger partial charge in [0.1, 0.15) is 0 Å². The van der Waals surface area contributed by atoms with Crippen molar-refractivity contribution in [2.45, 2.75) is 44.6 Å². The van der Waals surface area contributed by atoms with E-state index in [2.05, 4.69) is 19.1 Å². The van der Waals surface area contributed by atoms with Crippen LogP contribution in [-0.4, -0.2) is 5.11 Å². The Bertz CT molecular complexity index is 492. The SMILES string of the molecule is CCCCCC(O)(Cc1ccccc1)c1ccccc1. The summed E-state index contributed by atoms with van der Waals surface area (Å²) in [5.41, 5.74) is 1.47. The van der Waals surface area contributed by atoms with Crippen LogP contribution in [0.2, 0.25) is 0 Å². The van der Waals surface area contributed by atoms with Gasteiger partial charge in [0.25, 0.3) is 0 Å². The summed E-state index contributed by atoms with van der Waals surface area (Å²) in [5.74, 6) is 0. The van der Waals surface area contributed by atoms with Crippen LogP contribution in [0.4, 0.5) is 0 Å². The standard InChI is InChI=1S/C19H24O/c1-2-3-10-15-19(20,18-13-8-5-9-14-18)16-17-11-6-4-7-12-17/h4-9,11-14,20H,2-3,10,15-16H2,1H3. The molecule has 106 valence electrons. The summed E-state index contributed by atoms with van der Waals surface area (Å²) >= 11 is 0. The fraction of sp³-hybridized carbons (Fsp3) is 0.368. The van der Waals surface area contributed by atoms with Crippen LogP contribution in [0.3, 0.4) is 0 Å². The zero-order valence-electron chi connectivity index (χ0n) is 12.3. The first-order valence-corrected chi connectivity index (χ1v) is 7.56. The first-order chi connectivity index (χ1) is 9.74. The lowest BCUT2D eigenvalue weighted by atomic mass is 9.83. The van der Waals surface area contributed by atoms with Gasteiger partial charge in [-0.25, -0.2) is 0 Å². The van der Waals surface area contributed by atoms with Crippen LogP contribution in [0.1, 0.15) is 43.7 Å². The molecule has 0 fully saturated rings. The Kier molecular flexibility index (Phi) is 5.37. The van der Waals surface area contributed by atoms with Gasteiger partial charge >= 0.3 is 0 Å². The molecule has 1 unspecified atom stereocenters. The van der Waals surface area contributed by atoms with Gasteiger partial charge in [0, 0.05) is 6.42 Å². The Balaban J connectivity index is 2.19. The summed E-state index contributed by atoms with van der Waals surface area (Å²) in [7, 11) is 0. The zero-order chi connectivity index (χ0) is 14.3. The van der Waals surface area contributed by atoms with Gasteiger partial charge < -0.3 is 5.11 Å². The second kappa shape index (κ2) is 7.25. The van der Waals surface area contributed by atoms with Gasteiger partial charge in [-0.15, -0.1) is 0 Å². The molecule has 1 atom stereocenters. The average molecular weight is 268 g/mol. The molecule has 0 bridgehead atoms. The van der Waals surface area contributed by atoms with Crippen LogP contribution in [-0.2, 0) is 12.0 Å². The molecule has 0 amide bonds. The molecule has 1 nitrogen and oxygen atoms in total. The van der Waals surface area contributed by atoms with Crippen LogP contribution in [0.15, 0.2) is 60.7 Å². The highest BCUT2D eigenvalue weighted by molar-refractivity contribution is 5.26. The molecule has 0 saturated heterocycles. The lowest BCUT2D eigenvalue weighted by Gasteiger charge is -2.29. The number of hydrogen-bond acceptors (Lipinski definition) is 1. The minimum atomic E-state index is -0.752. The number of rotatable bonds is 7. The minimum absolute atomic E-state index is 0.682. The highest BCUT2D eigenvalue weighted by Gasteiger charge is 2.28. The molecule has 0 spiro atoms. The molecule has 2 rings (SSSR count). The van der Waals surface area contributed by atoms with Gasteiger partial charge in [0.05, 0.1) is 5.60 Å². The van der Waals surface area contributed by atoms with E-state index in [0.29, 0.717) is 6.42 Å². The van der Waals surface area contributed by atoms with E-state index in [9.17, 15) is 5.11 Å². The Hall–Kier alpha value is -1.60. The average Bonchev–Trinajstić information content (AvgIpc) is 2.49. The maximum Gasteiger partial charge on any atom is 0.0936 e. The quantitative estimate of drug-likeness (QED) is 0.722. The third-order valence-corrected chi connectivity index (χ3v) is 3.84. The van der Waals surface area contributed by atoms with Crippen LogP contribution < -0.4 is 0 Å². The normalized spacial score (nSPS) is 13.9. The molecule has 1 N–H and O–H groups in total. The summed E-state index contributed by atoms with van der Waals surface area (Å²) in [6.45, 7) is 2.19. The Labute approximate surface area is 122 Å². The minimum Gasteiger partial charge on any atom is -0.385 e. The van der Waals surface area contributed by atoms with E-state index in [4.69, 9.17) is 0 Å². The van der Waals surface area contributed by atoms with E-state index in [0.717, 1.165) is 18.4 Å². The zero-order valence-corrected chi connectivity index (χ0v) is 12.3. The Morgan fingerprint density at radius 3 is 2.05 bits per heavy atom. The van der Waals surface area contributed by atoms with Crippen molar-refractivity contribution in [2.75, 3.05) is 0 Å². The summed E-state index contributed by atoms with van der Waals surface area (Å²) in [5, 5.41) is 11.2. The van der Waals surface area contributed by atoms with E-state index >= 15 is 0 Å². The van der Waals surface area contributed by atoms with Crippen molar-refractivity contribution in [3.8, 4) is 0 Å². The Morgan fingerprint density at radius 2 is 1.45 bits per heavy atom. The monoisotopic (exact) mass is 268 g/mol. The van der Waals surface area contributed by atoms with Gasteiger partial charge in [-0.2, -0.15) is 0 Å². The number of aliphatic hydroxyl groups is 1. The lowest BCUT2D eigenvalue weighted by Crippen LogP contribution is -2.28. The van der Waals surface area contributed by atoms with Crippen molar-refractivity contribution in [2.24, 2.45) is 0 Å². The predicted octanol–water partition coefficient (Wildman–Crippen LogP) is 4.70. The highest BCUT2D eigenvalue weighted by atomic mass is 16.3. The topological polar surface area (TPSA) is 20.2 Å². The molecule has 0 radical (unpaired) electrons. The fourth-order valence-electron chi connectivity index (χ4n) is 2.68. The third-order valence-electron chi connectivity index (χ3n) is 3.84. The maximum absolute atomic E-state index is 11.2. The Morgan fingerprint density at radius 1 is 0.850 bits per heavy atom. The van der Waals surface area contributed by atoms with Crippen molar-refractivity contribution >= 4 is 0 Å². The van der Waals surface area contributed by atoms with E-state index in [1.807, 2.05) is 48.5 Å². The smallest absolute Gasteiger partial charge is 0.0936 e. The molecular weight excluding hydrogens is 244 g/mol. The third kappa shape index (κ3) is 3.94. The molecule has 0 aliphatic rings. The van der Waals surface area contributed by atoms with Gasteiger partial charge in [0.15, 0.2) is 0 Å². The molecule has 0 saturated carbocycles. The van der Waals surface area contributed by atoms with Crippen molar-refractivity contribution in [1.82, 2.24) is 0 Å². The largest absolute Gasteiger partial charge is 0.385 e. The van der Waals surface area contributed by atoms with Crippen molar-refractivity contribution < 1.29 is 5.11 Å². The summed E-state index contributed by atoms with van der Waals surface area (Å²) in [6.07, 6.45) is 4.91. The van der Waals surface area contributed by atoms with E-state index in [1.165, 1.54) is 18.4 Å². The molecule has 0 aliphatic carbocycles. The molecule has 1 heteroatoms. The molecule has 0 heterocycles.